The number of rotatable bonds is 6. The van der Waals surface area contributed by atoms with Gasteiger partial charge in [-0.2, -0.15) is 0 Å². The van der Waals surface area contributed by atoms with Crippen LogP contribution in [0.3, 0.4) is 0 Å². The Morgan fingerprint density at radius 3 is 2.55 bits per heavy atom. The van der Waals surface area contributed by atoms with E-state index in [0.717, 1.165) is 25.6 Å². The fourth-order valence-electron chi connectivity index (χ4n) is 4.32. The summed E-state index contributed by atoms with van der Waals surface area (Å²) < 4.78 is 5.01. The molecule has 0 bridgehead atoms. The van der Waals surface area contributed by atoms with Crippen LogP contribution in [0.1, 0.15) is 52.9 Å². The second-order valence-corrected chi connectivity index (χ2v) is 8.34. The second kappa shape index (κ2) is 8.09. The molecule has 0 aromatic rings. The molecule has 2 rings (SSSR count). The van der Waals surface area contributed by atoms with Crippen LogP contribution in [-0.4, -0.2) is 61.5 Å². The van der Waals surface area contributed by atoms with Crippen molar-refractivity contribution in [3.05, 3.63) is 0 Å². The minimum absolute atomic E-state index is 0.352. The van der Waals surface area contributed by atoms with E-state index >= 15 is 0 Å². The first-order chi connectivity index (χ1) is 10.4. The zero-order valence-corrected chi connectivity index (χ0v) is 15.0. The molecule has 3 atom stereocenters. The van der Waals surface area contributed by atoms with Gasteiger partial charge in [-0.15, -0.1) is 0 Å². The molecule has 1 saturated carbocycles. The Kier molecular flexibility index (Phi) is 6.69. The Balaban J connectivity index is 1.69. The van der Waals surface area contributed by atoms with Gasteiger partial charge in [0.05, 0.1) is 12.7 Å². The molecule has 3 unspecified atom stereocenters. The molecule has 1 heterocycles. The predicted octanol–water partition coefficient (Wildman–Crippen LogP) is 2.26. The normalized spacial score (nSPS) is 32.0. The molecular weight excluding hydrogens is 276 g/mol. The summed E-state index contributed by atoms with van der Waals surface area (Å²) in [6.45, 7) is 10.6. The van der Waals surface area contributed by atoms with Gasteiger partial charge in [0.15, 0.2) is 0 Å². The summed E-state index contributed by atoms with van der Waals surface area (Å²) in [5.41, 5.74) is 0.526. The zero-order chi connectivity index (χ0) is 16.2. The van der Waals surface area contributed by atoms with Crippen molar-refractivity contribution in [2.75, 3.05) is 33.4 Å². The first-order valence-corrected chi connectivity index (χ1v) is 9.05. The quantitative estimate of drug-likeness (QED) is 0.790. The van der Waals surface area contributed by atoms with Crippen molar-refractivity contribution in [2.45, 2.75) is 71.1 Å². The molecule has 2 N–H and O–H groups in total. The highest BCUT2D eigenvalue weighted by atomic mass is 16.5. The van der Waals surface area contributed by atoms with Crippen LogP contribution in [0.2, 0.25) is 0 Å². The molecule has 22 heavy (non-hydrogen) atoms. The first-order valence-electron chi connectivity index (χ1n) is 9.05. The highest BCUT2D eigenvalue weighted by molar-refractivity contribution is 4.90. The van der Waals surface area contributed by atoms with Crippen molar-refractivity contribution in [1.82, 2.24) is 10.2 Å². The van der Waals surface area contributed by atoms with E-state index in [-0.39, 0.29) is 6.10 Å². The number of aliphatic hydroxyl groups excluding tert-OH is 1. The molecule has 0 aromatic heterocycles. The number of ether oxygens (including phenoxy) is 1. The van der Waals surface area contributed by atoms with E-state index in [1.165, 1.54) is 32.1 Å². The van der Waals surface area contributed by atoms with Crippen LogP contribution in [0.5, 0.6) is 0 Å². The number of hydrogen-bond acceptors (Lipinski definition) is 4. The molecule has 0 radical (unpaired) electrons. The number of hydrogen-bond donors (Lipinski definition) is 2. The lowest BCUT2D eigenvalue weighted by Crippen LogP contribution is -2.51. The minimum atomic E-state index is -0.352. The van der Waals surface area contributed by atoms with Gasteiger partial charge in [-0.25, -0.2) is 0 Å². The minimum Gasteiger partial charge on any atom is -0.389 e. The van der Waals surface area contributed by atoms with E-state index in [9.17, 15) is 5.11 Å². The van der Waals surface area contributed by atoms with Crippen LogP contribution in [0, 0.1) is 11.3 Å². The smallest absolute Gasteiger partial charge is 0.0900 e. The van der Waals surface area contributed by atoms with Gasteiger partial charge >= 0.3 is 0 Å². The summed E-state index contributed by atoms with van der Waals surface area (Å²) >= 11 is 0. The molecule has 1 saturated heterocycles. The van der Waals surface area contributed by atoms with Crippen molar-refractivity contribution >= 4 is 0 Å². The van der Waals surface area contributed by atoms with E-state index < -0.39 is 0 Å². The van der Waals surface area contributed by atoms with Gasteiger partial charge in [0.25, 0.3) is 0 Å². The molecule has 0 aromatic carbocycles. The lowest BCUT2D eigenvalue weighted by Gasteiger charge is -2.42. The molecule has 1 aliphatic heterocycles. The third-order valence-corrected chi connectivity index (χ3v) is 5.56. The number of likely N-dealkylation sites (tertiary alicyclic amines) is 1. The van der Waals surface area contributed by atoms with Crippen molar-refractivity contribution in [3.8, 4) is 0 Å². The molecular formula is C18H36N2O2. The number of aliphatic hydroxyl groups is 1. The van der Waals surface area contributed by atoms with E-state index in [2.05, 4.69) is 31.0 Å². The van der Waals surface area contributed by atoms with E-state index in [0.29, 0.717) is 24.1 Å². The van der Waals surface area contributed by atoms with Crippen molar-refractivity contribution in [2.24, 2.45) is 11.3 Å². The molecule has 1 aliphatic carbocycles. The third kappa shape index (κ3) is 5.48. The van der Waals surface area contributed by atoms with Crippen LogP contribution >= 0.6 is 0 Å². The SMILES string of the molecule is COCC(O)CN1CCC(NC2CCC(C)(C)CC2C)CC1. The molecule has 0 amide bonds. The maximum Gasteiger partial charge on any atom is 0.0900 e. The summed E-state index contributed by atoms with van der Waals surface area (Å²) in [7, 11) is 1.64. The second-order valence-electron chi connectivity index (χ2n) is 8.34. The maximum absolute atomic E-state index is 9.83. The van der Waals surface area contributed by atoms with Crippen LogP contribution in [0.25, 0.3) is 0 Å². The maximum atomic E-state index is 9.83. The van der Waals surface area contributed by atoms with Gasteiger partial charge in [-0.05, 0) is 56.5 Å². The summed E-state index contributed by atoms with van der Waals surface area (Å²) in [6.07, 6.45) is 6.05. The molecule has 0 spiro atoms. The fourth-order valence-corrected chi connectivity index (χ4v) is 4.32. The van der Waals surface area contributed by atoms with Crippen LogP contribution in [-0.2, 0) is 4.74 Å². The Labute approximate surface area is 136 Å². The van der Waals surface area contributed by atoms with Crippen LogP contribution in [0.15, 0.2) is 0 Å². The lowest BCUT2D eigenvalue weighted by molar-refractivity contribution is 0.0296. The van der Waals surface area contributed by atoms with Gasteiger partial charge in [0, 0.05) is 25.7 Å². The summed E-state index contributed by atoms with van der Waals surface area (Å²) in [4.78, 5) is 2.37. The molecule has 130 valence electrons. The fraction of sp³-hybridized carbons (Fsp3) is 1.00. The van der Waals surface area contributed by atoms with E-state index in [1.54, 1.807) is 7.11 Å². The number of β-amino-alcohol motifs (C(OH)–C–C–N with tert-alkyl or cyclic N) is 1. The van der Waals surface area contributed by atoms with Gasteiger partial charge in [-0.1, -0.05) is 20.8 Å². The summed E-state index contributed by atoms with van der Waals surface area (Å²) in [5.74, 6) is 0.783. The standard InChI is InChI=1S/C18H36N2O2/c1-14-11-18(2,3)8-5-17(14)19-15-6-9-20(10-7-15)12-16(21)13-22-4/h14-17,19,21H,5-13H2,1-4H3. The van der Waals surface area contributed by atoms with Crippen molar-refractivity contribution in [3.63, 3.8) is 0 Å². The zero-order valence-electron chi connectivity index (χ0n) is 15.0. The average Bonchev–Trinajstić information content (AvgIpc) is 2.43. The topological polar surface area (TPSA) is 44.7 Å². The van der Waals surface area contributed by atoms with Crippen molar-refractivity contribution in [1.29, 1.82) is 0 Å². The van der Waals surface area contributed by atoms with E-state index in [4.69, 9.17) is 4.74 Å². The molecule has 2 fully saturated rings. The predicted molar refractivity (Wildman–Crippen MR) is 91.1 cm³/mol. The monoisotopic (exact) mass is 312 g/mol. The largest absolute Gasteiger partial charge is 0.389 e. The average molecular weight is 312 g/mol. The van der Waals surface area contributed by atoms with Gasteiger partial charge < -0.3 is 20.1 Å². The summed E-state index contributed by atoms with van der Waals surface area (Å²) in [5, 5.41) is 13.8. The number of piperidine rings is 1. The lowest BCUT2D eigenvalue weighted by atomic mass is 9.70. The Bertz CT molecular complexity index is 327. The Morgan fingerprint density at radius 1 is 1.27 bits per heavy atom. The summed E-state index contributed by atoms with van der Waals surface area (Å²) in [6, 6.07) is 1.35. The van der Waals surface area contributed by atoms with Crippen LogP contribution < -0.4 is 5.32 Å². The molecule has 4 nitrogen and oxygen atoms in total. The Morgan fingerprint density at radius 2 is 1.95 bits per heavy atom. The number of nitrogens with zero attached hydrogens (tertiary/aromatic N) is 1. The third-order valence-electron chi connectivity index (χ3n) is 5.56. The first kappa shape index (κ1) is 18.2. The van der Waals surface area contributed by atoms with Gasteiger partial charge in [0.1, 0.15) is 0 Å². The van der Waals surface area contributed by atoms with Crippen LogP contribution in [0.4, 0.5) is 0 Å². The van der Waals surface area contributed by atoms with Gasteiger partial charge in [0.2, 0.25) is 0 Å². The highest BCUT2D eigenvalue weighted by Crippen LogP contribution is 2.38. The number of nitrogens with one attached hydrogen (secondary N) is 1. The molecule has 2 aliphatic rings. The highest BCUT2D eigenvalue weighted by Gasteiger charge is 2.33. The Hall–Kier alpha value is -0.160. The van der Waals surface area contributed by atoms with Gasteiger partial charge in [-0.3, -0.25) is 0 Å². The molecule has 4 heteroatoms. The van der Waals surface area contributed by atoms with Crippen molar-refractivity contribution < 1.29 is 9.84 Å². The van der Waals surface area contributed by atoms with E-state index in [1.807, 2.05) is 0 Å². The number of methoxy groups -OCH3 is 1.